The molecule has 0 spiro atoms. The van der Waals surface area contributed by atoms with Crippen LogP contribution in [0.1, 0.15) is 46.5 Å². The van der Waals surface area contributed by atoms with Crippen molar-refractivity contribution in [2.75, 3.05) is 26.2 Å². The highest BCUT2D eigenvalue weighted by Crippen LogP contribution is 2.40. The van der Waals surface area contributed by atoms with Crippen LogP contribution in [0.2, 0.25) is 0 Å². The third kappa shape index (κ3) is 4.18. The van der Waals surface area contributed by atoms with E-state index in [-0.39, 0.29) is 11.9 Å². The molecule has 122 valence electrons. The summed E-state index contributed by atoms with van der Waals surface area (Å²) < 4.78 is 5.74. The minimum atomic E-state index is -0.581. The van der Waals surface area contributed by atoms with E-state index in [2.05, 4.69) is 31.0 Å². The molecule has 0 radical (unpaired) electrons. The van der Waals surface area contributed by atoms with Crippen molar-refractivity contribution in [3.05, 3.63) is 0 Å². The molecule has 3 N–H and O–H groups in total. The standard InChI is InChI=1S/C16H31N3O2/c1-4-19(10-14-6-5-9-21-14)11-16(15(17)20,13-7-8-13)18-12(2)3/h12-14,18H,4-11H2,1-3H3,(H2,17,20). The van der Waals surface area contributed by atoms with Crippen molar-refractivity contribution in [3.63, 3.8) is 0 Å². The molecule has 2 atom stereocenters. The van der Waals surface area contributed by atoms with Gasteiger partial charge in [-0.05, 0) is 52.0 Å². The van der Waals surface area contributed by atoms with E-state index in [1.54, 1.807) is 0 Å². The molecule has 5 nitrogen and oxygen atoms in total. The summed E-state index contributed by atoms with van der Waals surface area (Å²) in [5, 5.41) is 3.49. The van der Waals surface area contributed by atoms with E-state index >= 15 is 0 Å². The highest BCUT2D eigenvalue weighted by molar-refractivity contribution is 5.86. The highest BCUT2D eigenvalue weighted by Gasteiger charge is 2.50. The summed E-state index contributed by atoms with van der Waals surface area (Å²) in [5.74, 6) is 0.181. The van der Waals surface area contributed by atoms with Gasteiger partial charge in [-0.25, -0.2) is 0 Å². The Hall–Kier alpha value is -0.650. The van der Waals surface area contributed by atoms with Gasteiger partial charge in [0.25, 0.3) is 0 Å². The van der Waals surface area contributed by atoms with Crippen molar-refractivity contribution < 1.29 is 9.53 Å². The quantitative estimate of drug-likeness (QED) is 0.669. The number of nitrogens with two attached hydrogens (primary N) is 1. The van der Waals surface area contributed by atoms with Crippen molar-refractivity contribution in [2.45, 2.75) is 64.1 Å². The van der Waals surface area contributed by atoms with E-state index in [0.717, 1.165) is 45.4 Å². The summed E-state index contributed by atoms with van der Waals surface area (Å²) in [6.45, 7) is 9.69. The molecule has 0 aromatic carbocycles. The Morgan fingerprint density at radius 2 is 2.14 bits per heavy atom. The Balaban J connectivity index is 2.05. The first kappa shape index (κ1) is 16.7. The predicted molar refractivity (Wildman–Crippen MR) is 84.0 cm³/mol. The van der Waals surface area contributed by atoms with Crippen LogP contribution >= 0.6 is 0 Å². The third-order valence-electron chi connectivity index (χ3n) is 4.67. The minimum absolute atomic E-state index is 0.204. The maximum Gasteiger partial charge on any atom is 0.239 e. The van der Waals surface area contributed by atoms with Crippen LogP contribution in [-0.2, 0) is 9.53 Å². The maximum absolute atomic E-state index is 12.2. The fourth-order valence-corrected chi connectivity index (χ4v) is 3.47. The van der Waals surface area contributed by atoms with Crippen LogP contribution in [0.15, 0.2) is 0 Å². The molecule has 2 fully saturated rings. The van der Waals surface area contributed by atoms with Crippen LogP contribution in [0.25, 0.3) is 0 Å². The highest BCUT2D eigenvalue weighted by atomic mass is 16.5. The van der Waals surface area contributed by atoms with Gasteiger partial charge in [-0.15, -0.1) is 0 Å². The van der Waals surface area contributed by atoms with Crippen LogP contribution in [0.3, 0.4) is 0 Å². The Bertz CT molecular complexity index is 351. The molecule has 0 aromatic rings. The lowest BCUT2D eigenvalue weighted by molar-refractivity contribution is -0.126. The molecule has 1 amide bonds. The van der Waals surface area contributed by atoms with Crippen LogP contribution in [0.4, 0.5) is 0 Å². The van der Waals surface area contributed by atoms with E-state index in [0.29, 0.717) is 18.6 Å². The summed E-state index contributed by atoms with van der Waals surface area (Å²) in [5.41, 5.74) is 5.23. The fourth-order valence-electron chi connectivity index (χ4n) is 3.47. The van der Waals surface area contributed by atoms with Gasteiger partial charge in [0.05, 0.1) is 6.10 Å². The van der Waals surface area contributed by atoms with Crippen molar-refractivity contribution in [2.24, 2.45) is 11.7 Å². The monoisotopic (exact) mass is 297 g/mol. The molecule has 0 aromatic heterocycles. The maximum atomic E-state index is 12.2. The van der Waals surface area contributed by atoms with Gasteiger partial charge in [0.2, 0.25) is 5.91 Å². The number of nitrogens with one attached hydrogen (secondary N) is 1. The lowest BCUT2D eigenvalue weighted by Gasteiger charge is -2.39. The summed E-state index contributed by atoms with van der Waals surface area (Å²) in [7, 11) is 0. The minimum Gasteiger partial charge on any atom is -0.377 e. The number of amides is 1. The molecule has 2 unspecified atom stereocenters. The number of rotatable bonds is 9. The number of hydrogen-bond acceptors (Lipinski definition) is 4. The average Bonchev–Trinajstić information content (AvgIpc) is 3.15. The number of ether oxygens (including phenoxy) is 1. The summed E-state index contributed by atoms with van der Waals surface area (Å²) >= 11 is 0. The first-order valence-corrected chi connectivity index (χ1v) is 8.39. The Morgan fingerprint density at radius 3 is 2.57 bits per heavy atom. The second-order valence-corrected chi connectivity index (χ2v) is 6.87. The summed E-state index contributed by atoms with van der Waals surface area (Å²) in [4.78, 5) is 14.6. The fraction of sp³-hybridized carbons (Fsp3) is 0.938. The largest absolute Gasteiger partial charge is 0.377 e. The first-order chi connectivity index (χ1) is 9.98. The van der Waals surface area contributed by atoms with Gasteiger partial charge in [-0.3, -0.25) is 15.0 Å². The van der Waals surface area contributed by atoms with Gasteiger partial charge in [-0.2, -0.15) is 0 Å². The Labute approximate surface area is 128 Å². The van der Waals surface area contributed by atoms with E-state index in [9.17, 15) is 4.79 Å². The zero-order chi connectivity index (χ0) is 15.5. The molecule has 5 heteroatoms. The van der Waals surface area contributed by atoms with Crippen molar-refractivity contribution >= 4 is 5.91 Å². The lowest BCUT2D eigenvalue weighted by Crippen LogP contribution is -2.65. The number of primary amides is 1. The first-order valence-electron chi connectivity index (χ1n) is 8.39. The van der Waals surface area contributed by atoms with E-state index in [1.165, 1.54) is 0 Å². The molecular formula is C16H31N3O2. The second kappa shape index (κ2) is 7.07. The Morgan fingerprint density at radius 1 is 1.43 bits per heavy atom. The SMILES string of the molecule is CCN(CC1CCCO1)CC(NC(C)C)(C(N)=O)C1CC1. The molecule has 2 aliphatic rings. The van der Waals surface area contributed by atoms with Crippen LogP contribution < -0.4 is 11.1 Å². The normalized spacial score (nSPS) is 25.5. The van der Waals surface area contributed by atoms with Crippen molar-refractivity contribution in [1.29, 1.82) is 0 Å². The molecule has 21 heavy (non-hydrogen) atoms. The predicted octanol–water partition coefficient (Wildman–Crippen LogP) is 1.12. The van der Waals surface area contributed by atoms with Gasteiger partial charge < -0.3 is 10.5 Å². The smallest absolute Gasteiger partial charge is 0.239 e. The molecule has 1 aliphatic carbocycles. The topological polar surface area (TPSA) is 67.6 Å². The average molecular weight is 297 g/mol. The van der Waals surface area contributed by atoms with Crippen LogP contribution in [0.5, 0.6) is 0 Å². The summed E-state index contributed by atoms with van der Waals surface area (Å²) in [6, 6.07) is 0.250. The number of likely N-dealkylation sites (N-methyl/N-ethyl adjacent to an activating group) is 1. The second-order valence-electron chi connectivity index (χ2n) is 6.87. The van der Waals surface area contributed by atoms with E-state index in [1.807, 2.05) is 0 Å². The van der Waals surface area contributed by atoms with Crippen LogP contribution in [0, 0.1) is 5.92 Å². The Kier molecular flexibility index (Phi) is 5.63. The third-order valence-corrected chi connectivity index (χ3v) is 4.67. The van der Waals surface area contributed by atoms with Crippen molar-refractivity contribution in [1.82, 2.24) is 10.2 Å². The molecule has 1 heterocycles. The molecule has 0 bridgehead atoms. The van der Waals surface area contributed by atoms with Crippen LogP contribution in [-0.4, -0.2) is 54.7 Å². The number of nitrogens with zero attached hydrogens (tertiary/aromatic N) is 1. The molecule has 1 aliphatic heterocycles. The molecule has 1 saturated carbocycles. The van der Waals surface area contributed by atoms with Gasteiger partial charge in [-0.1, -0.05) is 6.92 Å². The van der Waals surface area contributed by atoms with Crippen molar-refractivity contribution in [3.8, 4) is 0 Å². The summed E-state index contributed by atoms with van der Waals surface area (Å²) in [6.07, 6.45) is 4.78. The number of carbonyl (C=O) groups is 1. The van der Waals surface area contributed by atoms with E-state index in [4.69, 9.17) is 10.5 Å². The zero-order valence-electron chi connectivity index (χ0n) is 13.7. The molecular weight excluding hydrogens is 266 g/mol. The number of carbonyl (C=O) groups excluding carboxylic acids is 1. The molecule has 2 rings (SSSR count). The van der Waals surface area contributed by atoms with E-state index < -0.39 is 5.54 Å². The van der Waals surface area contributed by atoms with Gasteiger partial charge in [0.1, 0.15) is 5.54 Å². The van der Waals surface area contributed by atoms with Gasteiger partial charge in [0.15, 0.2) is 0 Å². The lowest BCUT2D eigenvalue weighted by atomic mass is 9.90. The van der Waals surface area contributed by atoms with Gasteiger partial charge >= 0.3 is 0 Å². The molecule has 1 saturated heterocycles. The number of hydrogen-bond donors (Lipinski definition) is 2. The van der Waals surface area contributed by atoms with Gasteiger partial charge in [0, 0.05) is 25.7 Å². The zero-order valence-corrected chi connectivity index (χ0v) is 13.7.